The van der Waals surface area contributed by atoms with Gasteiger partial charge in [0.15, 0.2) is 5.82 Å². The Morgan fingerprint density at radius 3 is 2.89 bits per heavy atom. The minimum atomic E-state index is -0.422. The SMILES string of the molecule is COCC1(C(=O)NCc2ncn(C)n2)CCNCC1. The molecule has 2 rings (SSSR count). The number of piperidine rings is 1. The molecule has 19 heavy (non-hydrogen) atoms. The van der Waals surface area contributed by atoms with Crippen LogP contribution in [0.15, 0.2) is 6.33 Å². The number of aromatic nitrogens is 3. The number of carbonyl (C=O) groups is 1. The van der Waals surface area contributed by atoms with Crippen LogP contribution >= 0.6 is 0 Å². The fourth-order valence-electron chi connectivity index (χ4n) is 2.43. The predicted molar refractivity (Wildman–Crippen MR) is 69.3 cm³/mol. The molecule has 0 unspecified atom stereocenters. The first-order chi connectivity index (χ1) is 9.16. The number of nitrogens with one attached hydrogen (secondary N) is 2. The molecule has 7 nitrogen and oxygen atoms in total. The fraction of sp³-hybridized carbons (Fsp3) is 0.750. The van der Waals surface area contributed by atoms with Crippen molar-refractivity contribution in [2.24, 2.45) is 12.5 Å². The molecule has 0 aliphatic carbocycles. The quantitative estimate of drug-likeness (QED) is 0.748. The molecule has 1 amide bonds. The summed E-state index contributed by atoms with van der Waals surface area (Å²) in [4.78, 5) is 16.5. The van der Waals surface area contributed by atoms with E-state index in [2.05, 4.69) is 20.7 Å². The minimum Gasteiger partial charge on any atom is -0.384 e. The molecular formula is C12H21N5O2. The van der Waals surface area contributed by atoms with Gasteiger partial charge in [0.2, 0.25) is 5.91 Å². The van der Waals surface area contributed by atoms with E-state index >= 15 is 0 Å². The zero-order chi connectivity index (χ0) is 13.7. The number of ether oxygens (including phenoxy) is 1. The highest BCUT2D eigenvalue weighted by Crippen LogP contribution is 2.29. The average molecular weight is 267 g/mol. The van der Waals surface area contributed by atoms with Crippen molar-refractivity contribution in [2.75, 3.05) is 26.8 Å². The van der Waals surface area contributed by atoms with E-state index < -0.39 is 5.41 Å². The number of hydrogen-bond acceptors (Lipinski definition) is 5. The summed E-state index contributed by atoms with van der Waals surface area (Å²) in [5.74, 6) is 0.653. The van der Waals surface area contributed by atoms with Crippen LogP contribution in [0.5, 0.6) is 0 Å². The van der Waals surface area contributed by atoms with E-state index in [4.69, 9.17) is 4.74 Å². The van der Waals surface area contributed by atoms with E-state index in [1.165, 1.54) is 0 Å². The predicted octanol–water partition coefficient (Wildman–Crippen LogP) is -0.552. The lowest BCUT2D eigenvalue weighted by molar-refractivity contribution is -0.136. The molecule has 1 aromatic heterocycles. The van der Waals surface area contributed by atoms with Crippen LogP contribution in [0.3, 0.4) is 0 Å². The first-order valence-corrected chi connectivity index (χ1v) is 6.49. The molecule has 0 spiro atoms. The Labute approximate surface area is 112 Å². The Morgan fingerprint density at radius 1 is 1.58 bits per heavy atom. The molecule has 1 fully saturated rings. The van der Waals surface area contributed by atoms with Crippen LogP contribution in [0, 0.1) is 5.41 Å². The van der Waals surface area contributed by atoms with Crippen molar-refractivity contribution in [3.8, 4) is 0 Å². The Bertz CT molecular complexity index is 420. The number of aryl methyl sites for hydroxylation is 1. The van der Waals surface area contributed by atoms with Crippen molar-refractivity contribution < 1.29 is 9.53 Å². The van der Waals surface area contributed by atoms with Gasteiger partial charge in [-0.1, -0.05) is 0 Å². The normalized spacial score (nSPS) is 18.2. The number of hydrogen-bond donors (Lipinski definition) is 2. The first kappa shape index (κ1) is 14.0. The largest absolute Gasteiger partial charge is 0.384 e. The molecule has 7 heteroatoms. The smallest absolute Gasteiger partial charge is 0.229 e. The Kier molecular flexibility index (Phi) is 4.49. The van der Waals surface area contributed by atoms with Gasteiger partial charge in [-0.3, -0.25) is 9.48 Å². The lowest BCUT2D eigenvalue weighted by Crippen LogP contribution is -2.50. The van der Waals surface area contributed by atoms with E-state index in [0.717, 1.165) is 25.9 Å². The van der Waals surface area contributed by atoms with Gasteiger partial charge in [-0.25, -0.2) is 4.98 Å². The summed E-state index contributed by atoms with van der Waals surface area (Å²) >= 11 is 0. The lowest BCUT2D eigenvalue weighted by Gasteiger charge is -2.35. The molecule has 0 radical (unpaired) electrons. The summed E-state index contributed by atoms with van der Waals surface area (Å²) in [6, 6.07) is 0. The third kappa shape index (κ3) is 3.30. The van der Waals surface area contributed by atoms with Gasteiger partial charge in [0.25, 0.3) is 0 Å². The van der Waals surface area contributed by atoms with Gasteiger partial charge in [-0.2, -0.15) is 5.10 Å². The molecule has 1 aliphatic rings. The molecule has 1 saturated heterocycles. The number of carbonyl (C=O) groups excluding carboxylic acids is 1. The van der Waals surface area contributed by atoms with Crippen molar-refractivity contribution in [3.05, 3.63) is 12.2 Å². The van der Waals surface area contributed by atoms with Crippen molar-refractivity contribution in [1.82, 2.24) is 25.4 Å². The summed E-state index contributed by atoms with van der Waals surface area (Å²) < 4.78 is 6.86. The second-order valence-electron chi connectivity index (χ2n) is 4.98. The van der Waals surface area contributed by atoms with E-state index in [0.29, 0.717) is 19.0 Å². The van der Waals surface area contributed by atoms with E-state index in [-0.39, 0.29) is 5.91 Å². The van der Waals surface area contributed by atoms with Crippen molar-refractivity contribution >= 4 is 5.91 Å². The molecule has 0 aromatic carbocycles. The van der Waals surface area contributed by atoms with Crippen LogP contribution in [0.1, 0.15) is 18.7 Å². The summed E-state index contributed by atoms with van der Waals surface area (Å²) in [7, 11) is 3.44. The number of amides is 1. The Morgan fingerprint density at radius 2 is 2.32 bits per heavy atom. The van der Waals surface area contributed by atoms with Gasteiger partial charge in [-0.05, 0) is 25.9 Å². The van der Waals surface area contributed by atoms with Crippen molar-refractivity contribution in [3.63, 3.8) is 0 Å². The first-order valence-electron chi connectivity index (χ1n) is 6.49. The van der Waals surface area contributed by atoms with Crippen LogP contribution in [0.2, 0.25) is 0 Å². The minimum absolute atomic E-state index is 0.0308. The third-order valence-corrected chi connectivity index (χ3v) is 3.52. The highest BCUT2D eigenvalue weighted by atomic mass is 16.5. The fourth-order valence-corrected chi connectivity index (χ4v) is 2.43. The molecule has 0 bridgehead atoms. The van der Waals surface area contributed by atoms with Crippen LogP contribution in [-0.4, -0.2) is 47.5 Å². The van der Waals surface area contributed by atoms with E-state index in [9.17, 15) is 4.79 Å². The summed E-state index contributed by atoms with van der Waals surface area (Å²) in [6.45, 7) is 2.51. The Balaban J connectivity index is 1.95. The number of nitrogens with zero attached hydrogens (tertiary/aromatic N) is 3. The number of methoxy groups -OCH3 is 1. The summed E-state index contributed by atoms with van der Waals surface area (Å²) in [5, 5.41) is 10.3. The van der Waals surface area contributed by atoms with Gasteiger partial charge < -0.3 is 15.4 Å². The summed E-state index contributed by atoms with van der Waals surface area (Å²) in [6.07, 6.45) is 3.21. The Hall–Kier alpha value is -1.47. The molecule has 1 aromatic rings. The van der Waals surface area contributed by atoms with Gasteiger partial charge >= 0.3 is 0 Å². The zero-order valence-corrected chi connectivity index (χ0v) is 11.5. The standard InChI is InChI=1S/C12H21N5O2/c1-17-9-15-10(16-17)7-14-11(18)12(8-19-2)3-5-13-6-4-12/h9,13H,3-8H2,1-2H3,(H,14,18). The third-order valence-electron chi connectivity index (χ3n) is 3.52. The molecule has 2 heterocycles. The molecular weight excluding hydrogens is 246 g/mol. The van der Waals surface area contributed by atoms with Crippen molar-refractivity contribution in [1.29, 1.82) is 0 Å². The maximum Gasteiger partial charge on any atom is 0.229 e. The lowest BCUT2D eigenvalue weighted by atomic mass is 9.78. The molecule has 106 valence electrons. The van der Waals surface area contributed by atoms with Gasteiger partial charge in [0.05, 0.1) is 18.6 Å². The van der Waals surface area contributed by atoms with Crippen LogP contribution in [-0.2, 0) is 23.1 Å². The zero-order valence-electron chi connectivity index (χ0n) is 11.5. The number of rotatable bonds is 5. The average Bonchev–Trinajstić information content (AvgIpc) is 2.83. The summed E-state index contributed by atoms with van der Waals surface area (Å²) in [5.41, 5.74) is -0.422. The van der Waals surface area contributed by atoms with Gasteiger partial charge in [0, 0.05) is 14.2 Å². The van der Waals surface area contributed by atoms with Gasteiger partial charge in [0.1, 0.15) is 6.33 Å². The maximum atomic E-state index is 12.4. The molecule has 0 saturated carbocycles. The van der Waals surface area contributed by atoms with Crippen LogP contribution in [0.25, 0.3) is 0 Å². The molecule has 1 aliphatic heterocycles. The second-order valence-corrected chi connectivity index (χ2v) is 4.98. The topological polar surface area (TPSA) is 81.1 Å². The highest BCUT2D eigenvalue weighted by molar-refractivity contribution is 5.82. The molecule has 2 N–H and O–H groups in total. The van der Waals surface area contributed by atoms with Crippen LogP contribution in [0.4, 0.5) is 0 Å². The van der Waals surface area contributed by atoms with Gasteiger partial charge in [-0.15, -0.1) is 0 Å². The molecule has 0 atom stereocenters. The van der Waals surface area contributed by atoms with Crippen molar-refractivity contribution in [2.45, 2.75) is 19.4 Å². The second kappa shape index (κ2) is 6.12. The maximum absolute atomic E-state index is 12.4. The van der Waals surface area contributed by atoms with Crippen LogP contribution < -0.4 is 10.6 Å². The monoisotopic (exact) mass is 267 g/mol. The van der Waals surface area contributed by atoms with E-state index in [1.54, 1.807) is 25.2 Å². The highest BCUT2D eigenvalue weighted by Gasteiger charge is 2.39. The van der Waals surface area contributed by atoms with E-state index in [1.807, 2.05) is 0 Å².